The number of ether oxygens (including phenoxy) is 1. The van der Waals surface area contributed by atoms with Gasteiger partial charge in [0.2, 0.25) is 0 Å². The lowest BCUT2D eigenvalue weighted by atomic mass is 9.78. The van der Waals surface area contributed by atoms with Crippen LogP contribution in [0, 0.1) is 5.92 Å². The Morgan fingerprint density at radius 3 is 3.12 bits per heavy atom. The first-order valence-electron chi connectivity index (χ1n) is 6.44. The second kappa shape index (κ2) is 5.19. The SMILES string of the molecule is CNCc1cnc(C2(OC)CCCC(C)C2)[nH]1. The van der Waals surface area contributed by atoms with E-state index in [2.05, 4.69) is 22.2 Å². The lowest BCUT2D eigenvalue weighted by Gasteiger charge is -2.37. The Morgan fingerprint density at radius 1 is 1.65 bits per heavy atom. The van der Waals surface area contributed by atoms with Gasteiger partial charge >= 0.3 is 0 Å². The predicted molar refractivity (Wildman–Crippen MR) is 67.7 cm³/mol. The van der Waals surface area contributed by atoms with Gasteiger partial charge in [-0.15, -0.1) is 0 Å². The molecule has 2 rings (SSSR count). The number of hydrogen-bond acceptors (Lipinski definition) is 3. The van der Waals surface area contributed by atoms with Crippen LogP contribution < -0.4 is 5.32 Å². The van der Waals surface area contributed by atoms with Crippen LogP contribution >= 0.6 is 0 Å². The molecule has 17 heavy (non-hydrogen) atoms. The van der Waals surface area contributed by atoms with Crippen molar-refractivity contribution in [1.82, 2.24) is 15.3 Å². The highest BCUT2D eigenvalue weighted by molar-refractivity contribution is 5.10. The summed E-state index contributed by atoms with van der Waals surface area (Å²) >= 11 is 0. The number of nitrogens with zero attached hydrogens (tertiary/aromatic N) is 1. The summed E-state index contributed by atoms with van der Waals surface area (Å²) in [5.41, 5.74) is 0.932. The quantitative estimate of drug-likeness (QED) is 0.844. The molecule has 2 unspecified atom stereocenters. The fourth-order valence-corrected chi connectivity index (χ4v) is 2.87. The summed E-state index contributed by atoms with van der Waals surface area (Å²) in [6.07, 6.45) is 6.56. The van der Waals surface area contributed by atoms with Crippen LogP contribution in [0.5, 0.6) is 0 Å². The van der Waals surface area contributed by atoms with Crippen molar-refractivity contribution in [1.29, 1.82) is 0 Å². The zero-order valence-corrected chi connectivity index (χ0v) is 11.0. The molecule has 0 aromatic carbocycles. The van der Waals surface area contributed by atoms with Gasteiger partial charge in [-0.2, -0.15) is 0 Å². The highest BCUT2D eigenvalue weighted by atomic mass is 16.5. The van der Waals surface area contributed by atoms with Crippen molar-refractivity contribution in [3.8, 4) is 0 Å². The lowest BCUT2D eigenvalue weighted by molar-refractivity contribution is -0.0641. The van der Waals surface area contributed by atoms with Crippen LogP contribution in [-0.2, 0) is 16.9 Å². The Kier molecular flexibility index (Phi) is 3.84. The summed E-state index contributed by atoms with van der Waals surface area (Å²) in [6.45, 7) is 3.12. The standard InChI is InChI=1S/C13H23N3O/c1-10-5-4-6-13(7-10,17-3)12-15-9-11(16-12)8-14-2/h9-10,14H,4-8H2,1-3H3,(H,15,16). The van der Waals surface area contributed by atoms with Crippen molar-refractivity contribution in [2.45, 2.75) is 44.8 Å². The molecule has 1 saturated carbocycles. The van der Waals surface area contributed by atoms with Crippen molar-refractivity contribution >= 4 is 0 Å². The molecule has 1 aliphatic carbocycles. The fourth-order valence-electron chi connectivity index (χ4n) is 2.87. The van der Waals surface area contributed by atoms with Crippen molar-refractivity contribution in [2.75, 3.05) is 14.2 Å². The smallest absolute Gasteiger partial charge is 0.138 e. The van der Waals surface area contributed by atoms with Gasteiger partial charge in [-0.25, -0.2) is 4.98 Å². The minimum Gasteiger partial charge on any atom is -0.370 e. The Balaban J connectivity index is 2.20. The zero-order chi connectivity index (χ0) is 12.3. The average molecular weight is 237 g/mol. The summed E-state index contributed by atoms with van der Waals surface area (Å²) in [5, 5.41) is 3.13. The Labute approximate surface area is 103 Å². The Hall–Kier alpha value is -0.870. The number of methoxy groups -OCH3 is 1. The molecule has 0 bridgehead atoms. The van der Waals surface area contributed by atoms with E-state index in [-0.39, 0.29) is 5.60 Å². The first kappa shape index (κ1) is 12.6. The van der Waals surface area contributed by atoms with Crippen LogP contribution in [0.15, 0.2) is 6.20 Å². The van der Waals surface area contributed by atoms with E-state index in [1.165, 1.54) is 12.8 Å². The number of nitrogens with one attached hydrogen (secondary N) is 2. The normalized spacial score (nSPS) is 29.5. The van der Waals surface area contributed by atoms with E-state index in [1.807, 2.05) is 13.2 Å². The highest BCUT2D eigenvalue weighted by Gasteiger charge is 2.39. The van der Waals surface area contributed by atoms with E-state index < -0.39 is 0 Å². The number of aromatic nitrogens is 2. The molecule has 2 atom stereocenters. The molecule has 0 spiro atoms. The first-order chi connectivity index (χ1) is 8.20. The van der Waals surface area contributed by atoms with Gasteiger partial charge in [-0.3, -0.25) is 0 Å². The summed E-state index contributed by atoms with van der Waals surface area (Å²) in [7, 11) is 3.74. The van der Waals surface area contributed by atoms with Crippen LogP contribution in [0.3, 0.4) is 0 Å². The minimum atomic E-state index is -0.191. The molecule has 0 saturated heterocycles. The van der Waals surface area contributed by atoms with Crippen molar-refractivity contribution in [3.63, 3.8) is 0 Å². The van der Waals surface area contributed by atoms with E-state index in [4.69, 9.17) is 4.74 Å². The summed E-state index contributed by atoms with van der Waals surface area (Å²) < 4.78 is 5.81. The second-order valence-electron chi connectivity index (χ2n) is 5.19. The maximum Gasteiger partial charge on any atom is 0.138 e. The van der Waals surface area contributed by atoms with Gasteiger partial charge in [0.25, 0.3) is 0 Å². The Morgan fingerprint density at radius 2 is 2.47 bits per heavy atom. The largest absolute Gasteiger partial charge is 0.370 e. The van der Waals surface area contributed by atoms with Crippen molar-refractivity contribution in [2.24, 2.45) is 5.92 Å². The van der Waals surface area contributed by atoms with Gasteiger partial charge in [0.15, 0.2) is 0 Å². The van der Waals surface area contributed by atoms with E-state index in [1.54, 1.807) is 7.11 Å². The third-order valence-corrected chi connectivity index (χ3v) is 3.77. The van der Waals surface area contributed by atoms with Crippen molar-refractivity contribution < 1.29 is 4.74 Å². The third kappa shape index (κ3) is 2.53. The highest BCUT2D eigenvalue weighted by Crippen LogP contribution is 2.41. The maximum absolute atomic E-state index is 5.81. The number of imidazole rings is 1. The first-order valence-corrected chi connectivity index (χ1v) is 6.44. The molecule has 1 fully saturated rings. The van der Waals surface area contributed by atoms with Gasteiger partial charge in [0.05, 0.1) is 0 Å². The number of aromatic amines is 1. The van der Waals surface area contributed by atoms with E-state index in [0.717, 1.165) is 30.9 Å². The Bertz CT molecular complexity index is 363. The summed E-state index contributed by atoms with van der Waals surface area (Å²) in [4.78, 5) is 7.91. The molecule has 1 aliphatic rings. The molecule has 0 aliphatic heterocycles. The third-order valence-electron chi connectivity index (χ3n) is 3.77. The maximum atomic E-state index is 5.81. The van der Waals surface area contributed by atoms with Gasteiger partial charge in [0, 0.05) is 25.5 Å². The molecule has 2 N–H and O–H groups in total. The van der Waals surface area contributed by atoms with Crippen LogP contribution in [-0.4, -0.2) is 24.1 Å². The van der Waals surface area contributed by atoms with Crippen LogP contribution in [0.25, 0.3) is 0 Å². The molecule has 1 aromatic heterocycles. The molecular formula is C13H23N3O. The van der Waals surface area contributed by atoms with Gasteiger partial charge in [-0.05, 0) is 32.2 Å². The van der Waals surface area contributed by atoms with Crippen LogP contribution in [0.1, 0.15) is 44.1 Å². The van der Waals surface area contributed by atoms with Gasteiger partial charge in [-0.1, -0.05) is 13.3 Å². The second-order valence-corrected chi connectivity index (χ2v) is 5.19. The van der Waals surface area contributed by atoms with E-state index in [9.17, 15) is 0 Å². The van der Waals surface area contributed by atoms with E-state index in [0.29, 0.717) is 5.92 Å². The van der Waals surface area contributed by atoms with E-state index >= 15 is 0 Å². The topological polar surface area (TPSA) is 49.9 Å². The predicted octanol–water partition coefficient (Wildman–Crippen LogP) is 2.18. The summed E-state index contributed by atoms with van der Waals surface area (Å²) in [5.74, 6) is 1.71. The van der Waals surface area contributed by atoms with Crippen LogP contribution in [0.4, 0.5) is 0 Å². The molecule has 4 nitrogen and oxygen atoms in total. The van der Waals surface area contributed by atoms with Gasteiger partial charge < -0.3 is 15.0 Å². The molecule has 1 heterocycles. The molecule has 0 radical (unpaired) electrons. The minimum absolute atomic E-state index is 0.191. The number of hydrogen-bond donors (Lipinski definition) is 2. The molecule has 96 valence electrons. The van der Waals surface area contributed by atoms with Crippen LogP contribution in [0.2, 0.25) is 0 Å². The average Bonchev–Trinajstić information content (AvgIpc) is 2.78. The monoisotopic (exact) mass is 237 g/mol. The lowest BCUT2D eigenvalue weighted by Crippen LogP contribution is -2.35. The molecular weight excluding hydrogens is 214 g/mol. The molecule has 1 aromatic rings. The number of rotatable bonds is 4. The number of H-pyrrole nitrogens is 1. The molecule has 4 heteroatoms. The fraction of sp³-hybridized carbons (Fsp3) is 0.769. The summed E-state index contributed by atoms with van der Waals surface area (Å²) in [6, 6.07) is 0. The van der Waals surface area contributed by atoms with Gasteiger partial charge in [0.1, 0.15) is 11.4 Å². The molecule has 0 amide bonds. The zero-order valence-electron chi connectivity index (χ0n) is 11.0. The van der Waals surface area contributed by atoms with Crippen molar-refractivity contribution in [3.05, 3.63) is 17.7 Å².